The molecule has 166 valence electrons. The molecule has 3 rings (SSSR count). The van der Waals surface area contributed by atoms with Gasteiger partial charge in [0.1, 0.15) is 0 Å². The fourth-order valence-corrected chi connectivity index (χ4v) is 4.22. The van der Waals surface area contributed by atoms with Crippen LogP contribution in [0.3, 0.4) is 0 Å². The van der Waals surface area contributed by atoms with Gasteiger partial charge in [-0.15, -0.1) is 0 Å². The lowest BCUT2D eigenvalue weighted by atomic mass is 9.82. The maximum absolute atomic E-state index is 12.1. The Labute approximate surface area is 189 Å². The standard InChI is InChI=1S/C28H30O4/c1-4-5-10-19-16-20(15-18(2)3)26(22-12-7-9-14-24(22)28(31)32)25(17-19)21-11-6-8-13-23(21)27(29)30/h6-9,11-14,16-18H,4-5,10,15H2,1-3H3,(H,29,30)(H,31,32). The summed E-state index contributed by atoms with van der Waals surface area (Å²) in [5.74, 6) is -1.64. The molecule has 0 saturated heterocycles. The summed E-state index contributed by atoms with van der Waals surface area (Å²) in [7, 11) is 0. The molecule has 0 radical (unpaired) electrons. The number of rotatable bonds is 9. The average Bonchev–Trinajstić information content (AvgIpc) is 2.76. The number of carbonyl (C=O) groups is 2. The first-order valence-corrected chi connectivity index (χ1v) is 11.1. The molecule has 32 heavy (non-hydrogen) atoms. The molecule has 0 aliphatic carbocycles. The van der Waals surface area contributed by atoms with E-state index in [9.17, 15) is 19.8 Å². The van der Waals surface area contributed by atoms with Crippen LogP contribution in [-0.2, 0) is 12.8 Å². The van der Waals surface area contributed by atoms with Crippen molar-refractivity contribution in [1.82, 2.24) is 0 Å². The Bertz CT molecular complexity index is 1130. The van der Waals surface area contributed by atoms with Crippen LogP contribution in [0.4, 0.5) is 0 Å². The summed E-state index contributed by atoms with van der Waals surface area (Å²) < 4.78 is 0. The van der Waals surface area contributed by atoms with Gasteiger partial charge >= 0.3 is 11.9 Å². The van der Waals surface area contributed by atoms with Crippen LogP contribution in [0.1, 0.15) is 65.5 Å². The molecule has 0 amide bonds. The first kappa shape index (κ1) is 23.3. The fraction of sp³-hybridized carbons (Fsp3) is 0.286. The van der Waals surface area contributed by atoms with Crippen molar-refractivity contribution in [3.05, 3.63) is 82.9 Å². The number of aryl methyl sites for hydroxylation is 1. The molecule has 0 atom stereocenters. The summed E-state index contributed by atoms with van der Waals surface area (Å²) >= 11 is 0. The van der Waals surface area contributed by atoms with Gasteiger partial charge in [-0.3, -0.25) is 0 Å². The van der Waals surface area contributed by atoms with E-state index in [1.165, 1.54) is 0 Å². The van der Waals surface area contributed by atoms with Crippen molar-refractivity contribution in [2.24, 2.45) is 5.92 Å². The number of aromatic carboxylic acids is 2. The Morgan fingerprint density at radius 3 is 1.94 bits per heavy atom. The van der Waals surface area contributed by atoms with E-state index in [2.05, 4.69) is 32.9 Å². The zero-order valence-corrected chi connectivity index (χ0v) is 18.9. The zero-order chi connectivity index (χ0) is 23.3. The molecule has 0 aliphatic rings. The maximum Gasteiger partial charge on any atom is 0.336 e. The first-order valence-electron chi connectivity index (χ1n) is 11.1. The molecule has 0 aliphatic heterocycles. The second-order valence-electron chi connectivity index (χ2n) is 8.58. The van der Waals surface area contributed by atoms with E-state index < -0.39 is 11.9 Å². The SMILES string of the molecule is CCCCc1cc(CC(C)C)c(-c2ccccc2C(=O)O)c(-c2ccccc2C(=O)O)c1. The van der Waals surface area contributed by atoms with E-state index in [1.54, 1.807) is 24.3 Å². The average molecular weight is 431 g/mol. The number of carboxylic acid groups (broad SMARTS) is 2. The molecule has 0 saturated carbocycles. The third-order valence-electron chi connectivity index (χ3n) is 5.60. The molecule has 4 nitrogen and oxygen atoms in total. The van der Waals surface area contributed by atoms with Gasteiger partial charge in [-0.1, -0.05) is 75.7 Å². The van der Waals surface area contributed by atoms with Gasteiger partial charge < -0.3 is 10.2 Å². The van der Waals surface area contributed by atoms with E-state index in [4.69, 9.17) is 0 Å². The molecule has 3 aromatic rings. The van der Waals surface area contributed by atoms with Crippen molar-refractivity contribution in [2.45, 2.75) is 46.5 Å². The van der Waals surface area contributed by atoms with Gasteiger partial charge in [0.05, 0.1) is 11.1 Å². The van der Waals surface area contributed by atoms with Gasteiger partial charge in [-0.2, -0.15) is 0 Å². The van der Waals surface area contributed by atoms with Crippen LogP contribution in [0.2, 0.25) is 0 Å². The van der Waals surface area contributed by atoms with Crippen molar-refractivity contribution in [2.75, 3.05) is 0 Å². The Hall–Kier alpha value is -3.40. The van der Waals surface area contributed by atoms with E-state index >= 15 is 0 Å². The highest BCUT2D eigenvalue weighted by molar-refractivity contribution is 6.03. The molecule has 0 aromatic heterocycles. The van der Waals surface area contributed by atoms with Crippen LogP contribution in [-0.4, -0.2) is 22.2 Å². The number of hydrogen-bond acceptors (Lipinski definition) is 2. The van der Waals surface area contributed by atoms with Crippen molar-refractivity contribution in [3.8, 4) is 22.3 Å². The minimum absolute atomic E-state index is 0.213. The molecule has 4 heteroatoms. The van der Waals surface area contributed by atoms with E-state index in [0.29, 0.717) is 17.0 Å². The highest BCUT2D eigenvalue weighted by atomic mass is 16.4. The van der Waals surface area contributed by atoms with Gasteiger partial charge in [0.25, 0.3) is 0 Å². The summed E-state index contributed by atoms with van der Waals surface area (Å²) in [6, 6.07) is 18.2. The Morgan fingerprint density at radius 2 is 1.38 bits per heavy atom. The van der Waals surface area contributed by atoms with Gasteiger partial charge in [0, 0.05) is 0 Å². The Morgan fingerprint density at radius 1 is 0.812 bits per heavy atom. The molecule has 0 fully saturated rings. The van der Waals surface area contributed by atoms with Crippen molar-refractivity contribution < 1.29 is 19.8 Å². The van der Waals surface area contributed by atoms with Gasteiger partial charge in [0.2, 0.25) is 0 Å². The largest absolute Gasteiger partial charge is 0.478 e. The van der Waals surface area contributed by atoms with Crippen LogP contribution in [0.25, 0.3) is 22.3 Å². The van der Waals surface area contributed by atoms with Crippen LogP contribution in [0.5, 0.6) is 0 Å². The van der Waals surface area contributed by atoms with E-state index in [0.717, 1.165) is 47.9 Å². The lowest BCUT2D eigenvalue weighted by Gasteiger charge is -2.21. The summed E-state index contributed by atoms with van der Waals surface area (Å²) in [6.45, 7) is 6.42. The fourth-order valence-electron chi connectivity index (χ4n) is 4.22. The molecular weight excluding hydrogens is 400 g/mol. The molecule has 0 spiro atoms. The molecule has 2 N–H and O–H groups in total. The van der Waals surface area contributed by atoms with Crippen LogP contribution >= 0.6 is 0 Å². The van der Waals surface area contributed by atoms with Gasteiger partial charge in [0.15, 0.2) is 0 Å². The summed E-state index contributed by atoms with van der Waals surface area (Å²) in [6.07, 6.45) is 3.76. The minimum atomic E-state index is -0.998. The monoisotopic (exact) mass is 430 g/mol. The van der Waals surface area contributed by atoms with E-state index in [1.807, 2.05) is 24.3 Å². The quantitative estimate of drug-likeness (QED) is 0.385. The predicted molar refractivity (Wildman–Crippen MR) is 128 cm³/mol. The lowest BCUT2D eigenvalue weighted by molar-refractivity contribution is 0.0686. The maximum atomic E-state index is 12.1. The number of unbranched alkanes of at least 4 members (excludes halogenated alkanes) is 1. The second-order valence-corrected chi connectivity index (χ2v) is 8.58. The smallest absolute Gasteiger partial charge is 0.336 e. The van der Waals surface area contributed by atoms with Crippen molar-refractivity contribution in [1.29, 1.82) is 0 Å². The summed E-state index contributed by atoms with van der Waals surface area (Å²) in [5.41, 5.74) is 5.45. The Kier molecular flexibility index (Phi) is 7.47. The molecular formula is C28H30O4. The molecule has 0 heterocycles. The van der Waals surface area contributed by atoms with Crippen molar-refractivity contribution in [3.63, 3.8) is 0 Å². The highest BCUT2D eigenvalue weighted by Crippen LogP contribution is 2.40. The topological polar surface area (TPSA) is 74.6 Å². The third kappa shape index (κ3) is 5.08. The molecule has 0 bridgehead atoms. The van der Waals surface area contributed by atoms with Gasteiger partial charge in [-0.05, 0) is 70.7 Å². The second kappa shape index (κ2) is 10.3. The first-order chi connectivity index (χ1) is 15.3. The zero-order valence-electron chi connectivity index (χ0n) is 18.9. The Balaban J connectivity index is 2.43. The minimum Gasteiger partial charge on any atom is -0.478 e. The van der Waals surface area contributed by atoms with Crippen molar-refractivity contribution >= 4 is 11.9 Å². The molecule has 3 aromatic carbocycles. The summed E-state index contributed by atoms with van der Waals surface area (Å²) in [4.78, 5) is 24.1. The van der Waals surface area contributed by atoms with Crippen LogP contribution in [0, 0.1) is 5.92 Å². The molecule has 0 unspecified atom stereocenters. The summed E-state index contributed by atoms with van der Waals surface area (Å²) in [5, 5.41) is 19.7. The number of benzene rings is 3. The normalized spacial score (nSPS) is 11.0. The third-order valence-corrected chi connectivity index (χ3v) is 5.60. The predicted octanol–water partition coefficient (Wildman–Crippen LogP) is 6.96. The van der Waals surface area contributed by atoms with E-state index in [-0.39, 0.29) is 11.1 Å². The van der Waals surface area contributed by atoms with Crippen LogP contribution < -0.4 is 0 Å². The van der Waals surface area contributed by atoms with Crippen LogP contribution in [0.15, 0.2) is 60.7 Å². The number of hydrogen-bond donors (Lipinski definition) is 2. The number of carboxylic acids is 2. The van der Waals surface area contributed by atoms with Gasteiger partial charge in [-0.25, -0.2) is 9.59 Å². The highest BCUT2D eigenvalue weighted by Gasteiger charge is 2.22. The lowest BCUT2D eigenvalue weighted by Crippen LogP contribution is -2.07.